The minimum absolute atomic E-state index is 0.0717. The first-order valence-electron chi connectivity index (χ1n) is 8.67. The molecule has 4 heteroatoms. The lowest BCUT2D eigenvalue weighted by atomic mass is 10.0. The number of nitrogens with one attached hydrogen (secondary N) is 1. The first-order chi connectivity index (χ1) is 11.3. The lowest BCUT2D eigenvalue weighted by molar-refractivity contribution is 0.0701. The van der Waals surface area contributed by atoms with E-state index in [1.165, 1.54) is 12.8 Å². The smallest absolute Gasteiger partial charge is 0.273 e. The van der Waals surface area contributed by atoms with Crippen LogP contribution in [0.1, 0.15) is 36.2 Å². The van der Waals surface area contributed by atoms with Gasteiger partial charge >= 0.3 is 0 Å². The van der Waals surface area contributed by atoms with Crippen LogP contribution in [0.5, 0.6) is 0 Å². The number of fused-ring (bicyclic) bond motifs is 1. The summed E-state index contributed by atoms with van der Waals surface area (Å²) in [4.78, 5) is 19.2. The molecule has 1 saturated carbocycles. The Bertz CT molecular complexity index is 697. The molecule has 0 radical (unpaired) electrons. The summed E-state index contributed by atoms with van der Waals surface area (Å²) in [7, 11) is 0. The van der Waals surface area contributed by atoms with Gasteiger partial charge < -0.3 is 10.2 Å². The number of amides is 1. The van der Waals surface area contributed by atoms with Crippen LogP contribution in [0, 0.1) is 5.92 Å². The number of aromatic nitrogens is 1. The van der Waals surface area contributed by atoms with E-state index < -0.39 is 0 Å². The van der Waals surface area contributed by atoms with E-state index in [-0.39, 0.29) is 5.91 Å². The number of hydrogen-bond acceptors (Lipinski definition) is 3. The number of rotatable bonds is 4. The largest absolute Gasteiger partial charge is 0.337 e. The summed E-state index contributed by atoms with van der Waals surface area (Å²) >= 11 is 0. The second-order valence-corrected chi connectivity index (χ2v) is 6.80. The molecule has 2 fully saturated rings. The number of piperidine rings is 1. The highest BCUT2D eigenvalue weighted by molar-refractivity contribution is 6.05. The van der Waals surface area contributed by atoms with Crippen molar-refractivity contribution in [1.29, 1.82) is 0 Å². The molecule has 4 nitrogen and oxygen atoms in total. The van der Waals surface area contributed by atoms with E-state index in [2.05, 4.69) is 10.3 Å². The Kier molecular flexibility index (Phi) is 4.00. The molecule has 2 heterocycles. The van der Waals surface area contributed by atoms with Crippen molar-refractivity contribution in [3.63, 3.8) is 0 Å². The number of nitrogens with zero attached hydrogens (tertiary/aromatic N) is 2. The van der Waals surface area contributed by atoms with Gasteiger partial charge in [0, 0.05) is 30.7 Å². The molecule has 120 valence electrons. The van der Waals surface area contributed by atoms with Crippen molar-refractivity contribution in [3.8, 4) is 0 Å². The topological polar surface area (TPSA) is 45.2 Å². The van der Waals surface area contributed by atoms with Crippen LogP contribution < -0.4 is 5.32 Å². The number of pyridine rings is 1. The zero-order valence-electron chi connectivity index (χ0n) is 13.4. The molecular formula is C19H23N3O. The third-order valence-electron chi connectivity index (χ3n) is 5.05. The Labute approximate surface area is 136 Å². The average molecular weight is 309 g/mol. The van der Waals surface area contributed by atoms with Crippen molar-refractivity contribution in [3.05, 3.63) is 42.2 Å². The Hall–Kier alpha value is -1.94. The maximum atomic E-state index is 12.8. The zero-order chi connectivity index (χ0) is 15.6. The Balaban J connectivity index is 1.42. The first kappa shape index (κ1) is 14.6. The molecule has 1 aromatic heterocycles. The van der Waals surface area contributed by atoms with Gasteiger partial charge in [0.15, 0.2) is 0 Å². The number of likely N-dealkylation sites (tertiary alicyclic amines) is 1. The van der Waals surface area contributed by atoms with Crippen LogP contribution in [0.2, 0.25) is 0 Å². The van der Waals surface area contributed by atoms with Gasteiger partial charge in [-0.15, -0.1) is 0 Å². The minimum atomic E-state index is 0.0717. The Morgan fingerprint density at radius 1 is 1.13 bits per heavy atom. The van der Waals surface area contributed by atoms with E-state index in [4.69, 9.17) is 0 Å². The van der Waals surface area contributed by atoms with Crippen molar-refractivity contribution in [2.75, 3.05) is 19.6 Å². The second kappa shape index (κ2) is 6.28. The molecule has 1 aromatic carbocycles. The predicted molar refractivity (Wildman–Crippen MR) is 91.4 cm³/mol. The molecule has 1 aliphatic heterocycles. The molecule has 1 aliphatic carbocycles. The van der Waals surface area contributed by atoms with Gasteiger partial charge in [0.2, 0.25) is 0 Å². The van der Waals surface area contributed by atoms with Crippen LogP contribution in [-0.4, -0.2) is 41.5 Å². The van der Waals surface area contributed by atoms with Crippen LogP contribution in [0.15, 0.2) is 36.5 Å². The van der Waals surface area contributed by atoms with Crippen molar-refractivity contribution < 1.29 is 4.79 Å². The summed E-state index contributed by atoms with van der Waals surface area (Å²) in [6.07, 6.45) is 6.60. The van der Waals surface area contributed by atoms with E-state index in [1.54, 1.807) is 6.20 Å². The monoisotopic (exact) mass is 309 g/mol. The average Bonchev–Trinajstić information content (AvgIpc) is 3.44. The standard InChI is InChI=1S/C19H23N3O/c23-19(18-17-4-2-1-3-15(17)7-10-20-18)22-11-8-16(9-12-22)21-13-14-5-6-14/h1-4,7,10,14,16,21H,5-6,8-9,11-13H2. The van der Waals surface area contributed by atoms with Gasteiger partial charge in [0.25, 0.3) is 5.91 Å². The zero-order valence-corrected chi connectivity index (χ0v) is 13.4. The van der Waals surface area contributed by atoms with E-state index >= 15 is 0 Å². The summed E-state index contributed by atoms with van der Waals surface area (Å²) in [6, 6.07) is 10.5. The molecular weight excluding hydrogens is 286 g/mol. The van der Waals surface area contributed by atoms with Gasteiger partial charge in [-0.25, -0.2) is 0 Å². The Morgan fingerprint density at radius 2 is 1.91 bits per heavy atom. The van der Waals surface area contributed by atoms with Crippen LogP contribution in [-0.2, 0) is 0 Å². The van der Waals surface area contributed by atoms with Crippen LogP contribution in [0.3, 0.4) is 0 Å². The van der Waals surface area contributed by atoms with Gasteiger partial charge in [-0.05, 0) is 49.6 Å². The highest BCUT2D eigenvalue weighted by atomic mass is 16.2. The van der Waals surface area contributed by atoms with E-state index in [0.717, 1.165) is 49.2 Å². The van der Waals surface area contributed by atoms with Gasteiger partial charge in [0.1, 0.15) is 5.69 Å². The number of carbonyl (C=O) groups is 1. The van der Waals surface area contributed by atoms with E-state index in [0.29, 0.717) is 11.7 Å². The quantitative estimate of drug-likeness (QED) is 0.944. The minimum Gasteiger partial charge on any atom is -0.337 e. The molecule has 1 N–H and O–H groups in total. The lowest BCUT2D eigenvalue weighted by Gasteiger charge is -2.32. The van der Waals surface area contributed by atoms with E-state index in [1.807, 2.05) is 35.2 Å². The third kappa shape index (κ3) is 3.22. The molecule has 2 aliphatic rings. The molecule has 0 spiro atoms. The second-order valence-electron chi connectivity index (χ2n) is 6.80. The van der Waals surface area contributed by atoms with Crippen LogP contribution in [0.25, 0.3) is 10.8 Å². The fraction of sp³-hybridized carbons (Fsp3) is 0.474. The highest BCUT2D eigenvalue weighted by Crippen LogP contribution is 2.28. The van der Waals surface area contributed by atoms with Gasteiger partial charge in [-0.3, -0.25) is 9.78 Å². The maximum absolute atomic E-state index is 12.8. The van der Waals surface area contributed by atoms with Crippen LogP contribution >= 0.6 is 0 Å². The Morgan fingerprint density at radius 3 is 2.70 bits per heavy atom. The third-order valence-corrected chi connectivity index (χ3v) is 5.05. The number of hydrogen-bond donors (Lipinski definition) is 1. The molecule has 0 bridgehead atoms. The highest BCUT2D eigenvalue weighted by Gasteiger charge is 2.27. The normalized spacial score (nSPS) is 19.2. The van der Waals surface area contributed by atoms with Crippen LogP contribution in [0.4, 0.5) is 0 Å². The first-order valence-corrected chi connectivity index (χ1v) is 8.67. The summed E-state index contributed by atoms with van der Waals surface area (Å²) in [5.74, 6) is 0.983. The molecule has 0 atom stereocenters. The van der Waals surface area contributed by atoms with Crippen molar-refractivity contribution in [2.24, 2.45) is 5.92 Å². The summed E-state index contributed by atoms with van der Waals surface area (Å²) in [5.41, 5.74) is 0.590. The van der Waals surface area contributed by atoms with Crippen molar-refractivity contribution in [1.82, 2.24) is 15.2 Å². The molecule has 1 saturated heterocycles. The van der Waals surface area contributed by atoms with Gasteiger partial charge in [-0.2, -0.15) is 0 Å². The number of carbonyl (C=O) groups excluding carboxylic acids is 1. The van der Waals surface area contributed by atoms with Gasteiger partial charge in [-0.1, -0.05) is 24.3 Å². The molecule has 4 rings (SSSR count). The maximum Gasteiger partial charge on any atom is 0.273 e. The molecule has 2 aromatic rings. The predicted octanol–water partition coefficient (Wildman–Crippen LogP) is 2.84. The summed E-state index contributed by atoms with van der Waals surface area (Å²) in [6.45, 7) is 2.81. The molecule has 23 heavy (non-hydrogen) atoms. The van der Waals surface area contributed by atoms with Crippen molar-refractivity contribution >= 4 is 16.7 Å². The SMILES string of the molecule is O=C(c1nccc2ccccc12)N1CCC(NCC2CC2)CC1. The fourth-order valence-electron chi connectivity index (χ4n) is 3.38. The fourth-order valence-corrected chi connectivity index (χ4v) is 3.38. The lowest BCUT2D eigenvalue weighted by Crippen LogP contribution is -2.45. The number of benzene rings is 1. The van der Waals surface area contributed by atoms with Crippen molar-refractivity contribution in [2.45, 2.75) is 31.7 Å². The molecule has 1 amide bonds. The molecule has 0 unspecified atom stereocenters. The summed E-state index contributed by atoms with van der Waals surface area (Å²) < 4.78 is 0. The van der Waals surface area contributed by atoms with E-state index in [9.17, 15) is 4.79 Å². The van der Waals surface area contributed by atoms with Gasteiger partial charge in [0.05, 0.1) is 0 Å². The summed E-state index contributed by atoms with van der Waals surface area (Å²) in [5, 5.41) is 5.69.